The van der Waals surface area contributed by atoms with Gasteiger partial charge < -0.3 is 14.8 Å². The van der Waals surface area contributed by atoms with Crippen molar-refractivity contribution in [2.24, 2.45) is 40.4 Å². The summed E-state index contributed by atoms with van der Waals surface area (Å²) in [6, 6.07) is 10.3. The lowest BCUT2D eigenvalue weighted by atomic mass is 9.47. The largest absolute Gasteiger partial charge is 0.382 e. The number of anilines is 1. The molecule has 0 radical (unpaired) electrons. The van der Waals surface area contributed by atoms with E-state index in [1.54, 1.807) is 11.6 Å². The van der Waals surface area contributed by atoms with E-state index in [-0.39, 0.29) is 5.78 Å². The number of carbonyl (C=O) groups is 1. The number of rotatable bonds is 13. The summed E-state index contributed by atoms with van der Waals surface area (Å²) in [7, 11) is 0. The summed E-state index contributed by atoms with van der Waals surface area (Å²) < 4.78 is 12.4. The van der Waals surface area contributed by atoms with Crippen molar-refractivity contribution < 1.29 is 14.3 Å². The van der Waals surface area contributed by atoms with E-state index in [1.807, 2.05) is 18.2 Å². The number of allylic oxidation sites excluding steroid dienone is 2. The van der Waals surface area contributed by atoms with Crippen LogP contribution in [-0.4, -0.2) is 38.3 Å². The van der Waals surface area contributed by atoms with E-state index < -0.39 is 0 Å². The van der Waals surface area contributed by atoms with Crippen molar-refractivity contribution in [3.63, 3.8) is 0 Å². The van der Waals surface area contributed by atoms with Gasteiger partial charge >= 0.3 is 0 Å². The summed E-state index contributed by atoms with van der Waals surface area (Å²) in [6.45, 7) is 12.6. The molecule has 4 nitrogen and oxygen atoms in total. The van der Waals surface area contributed by atoms with Gasteiger partial charge in [0.2, 0.25) is 0 Å². The third-order valence-electron chi connectivity index (χ3n) is 13.7. The van der Waals surface area contributed by atoms with E-state index in [0.29, 0.717) is 43.3 Å². The Morgan fingerprint density at radius 2 is 1.83 bits per heavy atom. The molecule has 254 valence electrons. The molecule has 0 aliphatic heterocycles. The number of ether oxygens (including phenoxy) is 2. The zero-order valence-corrected chi connectivity index (χ0v) is 29.6. The van der Waals surface area contributed by atoms with Gasteiger partial charge in [-0.15, -0.1) is 0 Å². The molecule has 4 heteroatoms. The molecule has 0 heterocycles. The number of nitrogens with one attached hydrogen (secondary N) is 1. The van der Waals surface area contributed by atoms with E-state index in [1.165, 1.54) is 70.6 Å². The molecule has 0 bridgehead atoms. The first-order valence-electron chi connectivity index (χ1n) is 19.2. The fraction of sp³-hybridized carbons (Fsp3) is 0.651. The molecule has 1 unspecified atom stereocenters. The summed E-state index contributed by atoms with van der Waals surface area (Å²) in [5, 5.41) is 5.60. The molecule has 3 fully saturated rings. The maximum Gasteiger partial charge on any atom is 0.188 e. The van der Waals surface area contributed by atoms with E-state index in [0.717, 1.165) is 63.6 Å². The maximum absolute atomic E-state index is 12.7. The van der Waals surface area contributed by atoms with Crippen LogP contribution in [0.4, 0.5) is 5.69 Å². The second-order valence-electron chi connectivity index (χ2n) is 16.7. The van der Waals surface area contributed by atoms with Gasteiger partial charge in [0.05, 0.1) is 31.5 Å². The molecule has 7 rings (SSSR count). The number of benzene rings is 2. The van der Waals surface area contributed by atoms with Crippen LogP contribution in [0.3, 0.4) is 0 Å². The second kappa shape index (κ2) is 13.8. The van der Waals surface area contributed by atoms with Gasteiger partial charge in [-0.25, -0.2) is 0 Å². The molecule has 0 amide bonds. The normalized spacial score (nSPS) is 32.7. The number of fused-ring (bicyclic) bond motifs is 5. The van der Waals surface area contributed by atoms with Crippen LogP contribution in [0, 0.1) is 40.4 Å². The van der Waals surface area contributed by atoms with E-state index in [9.17, 15) is 4.79 Å². The van der Waals surface area contributed by atoms with E-state index in [4.69, 9.17) is 9.47 Å². The first-order valence-corrected chi connectivity index (χ1v) is 19.2. The van der Waals surface area contributed by atoms with Gasteiger partial charge in [-0.2, -0.15) is 0 Å². The summed E-state index contributed by atoms with van der Waals surface area (Å²) in [5.41, 5.74) is 5.44. The van der Waals surface area contributed by atoms with Crippen LogP contribution in [0.1, 0.15) is 121 Å². The van der Waals surface area contributed by atoms with Gasteiger partial charge in [0.15, 0.2) is 5.78 Å². The summed E-state index contributed by atoms with van der Waals surface area (Å²) in [5.74, 6) is 4.57. The Bertz CT molecular complexity index is 1510. The van der Waals surface area contributed by atoms with Gasteiger partial charge in [0, 0.05) is 17.6 Å². The fourth-order valence-corrected chi connectivity index (χ4v) is 11.1. The summed E-state index contributed by atoms with van der Waals surface area (Å²) in [4.78, 5) is 12.7. The van der Waals surface area contributed by atoms with Gasteiger partial charge in [0.1, 0.15) is 0 Å². The van der Waals surface area contributed by atoms with Crippen molar-refractivity contribution in [2.45, 2.75) is 111 Å². The fourth-order valence-electron chi connectivity index (χ4n) is 11.1. The molecule has 3 saturated carbocycles. The SMILES string of the molecule is CC(C)CCCC[C@@H]1CC[C@@H]2[C@H]3CC=C4C[C@H](OCCOCCNc5ccc6cccc7c6c5C(=O)C=C7)CC[C@@]4(C)C3CC[C@@]12C. The molecular formula is C43H59NO3. The number of hydrogen-bond acceptors (Lipinski definition) is 4. The van der Waals surface area contributed by atoms with Crippen molar-refractivity contribution in [3.8, 4) is 0 Å². The maximum atomic E-state index is 12.7. The quantitative estimate of drug-likeness (QED) is 0.175. The van der Waals surface area contributed by atoms with Gasteiger partial charge in [-0.3, -0.25) is 4.79 Å². The molecule has 0 aromatic heterocycles. The lowest BCUT2D eigenvalue weighted by Gasteiger charge is -2.58. The van der Waals surface area contributed by atoms with Gasteiger partial charge in [-0.05, 0) is 121 Å². The van der Waals surface area contributed by atoms with Crippen molar-refractivity contribution in [2.75, 3.05) is 31.7 Å². The molecule has 0 saturated heterocycles. The van der Waals surface area contributed by atoms with Crippen molar-refractivity contribution in [1.82, 2.24) is 0 Å². The highest BCUT2D eigenvalue weighted by atomic mass is 16.5. The average molecular weight is 638 g/mol. The minimum atomic E-state index is 0.0651. The van der Waals surface area contributed by atoms with Crippen LogP contribution in [-0.2, 0) is 9.47 Å². The molecule has 5 aliphatic rings. The van der Waals surface area contributed by atoms with Crippen molar-refractivity contribution in [3.05, 3.63) is 59.2 Å². The topological polar surface area (TPSA) is 47.6 Å². The Morgan fingerprint density at radius 1 is 0.936 bits per heavy atom. The van der Waals surface area contributed by atoms with Crippen molar-refractivity contribution >= 4 is 28.3 Å². The van der Waals surface area contributed by atoms with Crippen LogP contribution >= 0.6 is 0 Å². The number of unbranched alkanes of at least 4 members (excludes halogenated alkanes) is 1. The molecule has 5 aliphatic carbocycles. The highest BCUT2D eigenvalue weighted by Gasteiger charge is 2.58. The highest BCUT2D eigenvalue weighted by molar-refractivity contribution is 6.23. The first-order chi connectivity index (χ1) is 22.8. The molecule has 7 atom stereocenters. The number of carbonyl (C=O) groups excluding carboxylic acids is 1. The third-order valence-corrected chi connectivity index (χ3v) is 13.7. The minimum absolute atomic E-state index is 0.0651. The van der Waals surface area contributed by atoms with Crippen LogP contribution < -0.4 is 5.32 Å². The average Bonchev–Trinajstić information content (AvgIpc) is 3.40. The molecule has 1 N–H and O–H groups in total. The standard InChI is InChI=1S/C43H59NO3/c1-29(2)8-5-6-11-32-15-17-36-35-16-14-33-28-34(20-22-43(33,4)37(35)21-23-42(32,36)3)47-27-26-46-25-24-44-38-18-12-30-9-7-10-31-13-19-39(45)41(38)40(30)31/h7,9-10,12-14,18-19,29,32,34-37,44H,5-6,8,11,15-17,20-28H2,1-4H3/t32-,34-,35-,36-,37?,42+,43-/m1/s1. The first kappa shape index (κ1) is 33.1. The summed E-state index contributed by atoms with van der Waals surface area (Å²) >= 11 is 0. The van der Waals surface area contributed by atoms with Crippen LogP contribution in [0.5, 0.6) is 0 Å². The minimum Gasteiger partial charge on any atom is -0.382 e. The molecule has 2 aromatic rings. The molecule has 47 heavy (non-hydrogen) atoms. The lowest BCUT2D eigenvalue weighted by molar-refractivity contribution is -0.0632. The van der Waals surface area contributed by atoms with Gasteiger partial charge in [0.25, 0.3) is 0 Å². The monoisotopic (exact) mass is 637 g/mol. The molecule has 2 aromatic carbocycles. The molecular weight excluding hydrogens is 578 g/mol. The predicted molar refractivity (Wildman–Crippen MR) is 195 cm³/mol. The molecule has 0 spiro atoms. The van der Waals surface area contributed by atoms with Crippen LogP contribution in [0.2, 0.25) is 0 Å². The second-order valence-corrected chi connectivity index (χ2v) is 16.7. The summed E-state index contributed by atoms with van der Waals surface area (Å²) in [6.07, 6.45) is 23.1. The Kier molecular flexibility index (Phi) is 9.73. The Balaban J connectivity index is 0.858. The zero-order valence-electron chi connectivity index (χ0n) is 29.6. The zero-order chi connectivity index (χ0) is 32.6. The van der Waals surface area contributed by atoms with Crippen LogP contribution in [0.15, 0.2) is 48.1 Å². The van der Waals surface area contributed by atoms with Crippen molar-refractivity contribution in [1.29, 1.82) is 0 Å². The highest BCUT2D eigenvalue weighted by Crippen LogP contribution is 2.66. The third kappa shape index (κ3) is 6.39. The Labute approximate surface area is 284 Å². The smallest absolute Gasteiger partial charge is 0.188 e. The Morgan fingerprint density at radius 3 is 2.70 bits per heavy atom. The van der Waals surface area contributed by atoms with Gasteiger partial charge in [-0.1, -0.05) is 88.9 Å². The Hall–Kier alpha value is -2.43. The van der Waals surface area contributed by atoms with E-state index >= 15 is 0 Å². The predicted octanol–water partition coefficient (Wildman–Crippen LogP) is 10.7. The number of ketones is 1. The van der Waals surface area contributed by atoms with Crippen LogP contribution in [0.25, 0.3) is 16.8 Å². The van der Waals surface area contributed by atoms with E-state index in [2.05, 4.69) is 57.3 Å². The number of hydrogen-bond donors (Lipinski definition) is 1. The lowest BCUT2D eigenvalue weighted by Crippen LogP contribution is -2.50.